The summed E-state index contributed by atoms with van der Waals surface area (Å²) in [5.74, 6) is 1.22. The van der Waals surface area contributed by atoms with Crippen LogP contribution in [0.5, 0.6) is 0 Å². The van der Waals surface area contributed by atoms with E-state index in [1.165, 1.54) is 18.4 Å². The first-order chi connectivity index (χ1) is 15.7. The maximum Gasteiger partial charge on any atom is 0.227 e. The molecule has 1 aliphatic carbocycles. The van der Waals surface area contributed by atoms with Crippen LogP contribution in [0.2, 0.25) is 0 Å². The van der Waals surface area contributed by atoms with E-state index in [9.17, 15) is 4.79 Å². The molecule has 0 radical (unpaired) electrons. The zero-order valence-electron chi connectivity index (χ0n) is 18.6. The van der Waals surface area contributed by atoms with Crippen LogP contribution >= 0.6 is 0 Å². The molecular weight excluding hydrogens is 398 g/mol. The normalized spacial score (nSPS) is 23.3. The number of rotatable bonds is 6. The number of hydrogen-bond acceptors (Lipinski definition) is 5. The molecule has 6 nitrogen and oxygen atoms in total. The summed E-state index contributed by atoms with van der Waals surface area (Å²) >= 11 is 0. The van der Waals surface area contributed by atoms with Gasteiger partial charge in [-0.05, 0) is 42.5 Å². The SMILES string of the molecule is O=C(Nc1cccc(CNC2=NCC3(CCN(Cc4ccccc4)C3)N2)c1)C1CCCC1. The second-order valence-electron chi connectivity index (χ2n) is 9.54. The standard InChI is InChI=1S/C26H33N5O/c32-24(22-10-4-5-11-22)29-23-12-6-9-21(15-23)16-27-25-28-18-26(30-25)13-14-31(19-26)17-20-7-2-1-3-8-20/h1-3,6-9,12,15,22H,4-5,10-11,13-14,16-19H2,(H,29,32)(H2,27,28,30). The lowest BCUT2D eigenvalue weighted by atomic mass is 10.0. The molecule has 1 saturated carbocycles. The molecule has 1 saturated heterocycles. The van der Waals surface area contributed by atoms with Crippen LogP contribution in [0.15, 0.2) is 59.6 Å². The predicted molar refractivity (Wildman–Crippen MR) is 128 cm³/mol. The monoisotopic (exact) mass is 431 g/mol. The highest BCUT2D eigenvalue weighted by Gasteiger charge is 2.41. The van der Waals surface area contributed by atoms with Gasteiger partial charge >= 0.3 is 0 Å². The summed E-state index contributed by atoms with van der Waals surface area (Å²) in [6.07, 6.45) is 5.48. The van der Waals surface area contributed by atoms with Gasteiger partial charge in [-0.25, -0.2) is 0 Å². The quantitative estimate of drug-likeness (QED) is 0.655. The van der Waals surface area contributed by atoms with Crippen molar-refractivity contribution in [1.82, 2.24) is 15.5 Å². The van der Waals surface area contributed by atoms with Gasteiger partial charge in [0.15, 0.2) is 5.96 Å². The minimum atomic E-state index is 0.0498. The molecule has 1 unspecified atom stereocenters. The first kappa shape index (κ1) is 21.0. The predicted octanol–water partition coefficient (Wildman–Crippen LogP) is 3.51. The molecule has 3 N–H and O–H groups in total. The van der Waals surface area contributed by atoms with E-state index in [-0.39, 0.29) is 17.4 Å². The number of aliphatic imine (C=N–C) groups is 1. The third-order valence-electron chi connectivity index (χ3n) is 6.99. The van der Waals surface area contributed by atoms with Gasteiger partial charge in [0.2, 0.25) is 5.91 Å². The fourth-order valence-corrected chi connectivity index (χ4v) is 5.20. The minimum absolute atomic E-state index is 0.0498. The molecule has 1 amide bonds. The Hall–Kier alpha value is -2.86. The third-order valence-corrected chi connectivity index (χ3v) is 6.99. The number of anilines is 1. The number of likely N-dealkylation sites (tertiary alicyclic amines) is 1. The van der Waals surface area contributed by atoms with Crippen LogP contribution in [-0.2, 0) is 17.9 Å². The van der Waals surface area contributed by atoms with E-state index < -0.39 is 0 Å². The molecule has 1 atom stereocenters. The smallest absolute Gasteiger partial charge is 0.227 e. The van der Waals surface area contributed by atoms with Gasteiger partial charge in [-0.15, -0.1) is 0 Å². The van der Waals surface area contributed by atoms with E-state index >= 15 is 0 Å². The van der Waals surface area contributed by atoms with Gasteiger partial charge in [-0.2, -0.15) is 0 Å². The number of guanidine groups is 1. The Bertz CT molecular complexity index is 969. The van der Waals surface area contributed by atoms with E-state index in [4.69, 9.17) is 4.99 Å². The Morgan fingerprint density at radius 3 is 2.75 bits per heavy atom. The van der Waals surface area contributed by atoms with Crippen molar-refractivity contribution in [3.63, 3.8) is 0 Å². The van der Waals surface area contributed by atoms with Gasteiger partial charge in [0.05, 0.1) is 12.1 Å². The van der Waals surface area contributed by atoms with Crippen LogP contribution in [0.1, 0.15) is 43.2 Å². The Morgan fingerprint density at radius 1 is 1.09 bits per heavy atom. The number of benzene rings is 2. The van der Waals surface area contributed by atoms with Crippen molar-refractivity contribution < 1.29 is 4.79 Å². The Labute approximate surface area is 190 Å². The van der Waals surface area contributed by atoms with Gasteiger partial charge in [0.25, 0.3) is 0 Å². The van der Waals surface area contributed by atoms with E-state index in [1.807, 2.05) is 12.1 Å². The maximum absolute atomic E-state index is 12.4. The number of carbonyl (C=O) groups is 1. The van der Waals surface area contributed by atoms with Gasteiger partial charge in [0, 0.05) is 37.8 Å². The fourth-order valence-electron chi connectivity index (χ4n) is 5.20. The van der Waals surface area contributed by atoms with Crippen molar-refractivity contribution in [2.75, 3.05) is 25.0 Å². The molecule has 2 aromatic carbocycles. The summed E-state index contributed by atoms with van der Waals surface area (Å²) in [4.78, 5) is 19.7. The van der Waals surface area contributed by atoms with Gasteiger partial charge < -0.3 is 16.0 Å². The van der Waals surface area contributed by atoms with Gasteiger partial charge in [-0.1, -0.05) is 55.3 Å². The first-order valence-electron chi connectivity index (χ1n) is 11.9. The molecule has 2 heterocycles. The highest BCUT2D eigenvalue weighted by Crippen LogP contribution is 2.27. The average Bonchev–Trinajstić information content (AvgIpc) is 3.56. The Kier molecular flexibility index (Phi) is 6.12. The van der Waals surface area contributed by atoms with Crippen LogP contribution in [0.4, 0.5) is 5.69 Å². The summed E-state index contributed by atoms with van der Waals surface area (Å²) in [6, 6.07) is 18.8. The van der Waals surface area contributed by atoms with Crippen molar-refractivity contribution in [3.05, 3.63) is 65.7 Å². The fraction of sp³-hybridized carbons (Fsp3) is 0.462. The van der Waals surface area contributed by atoms with Crippen LogP contribution in [-0.4, -0.2) is 41.9 Å². The minimum Gasteiger partial charge on any atom is -0.352 e. The van der Waals surface area contributed by atoms with Crippen LogP contribution in [0.3, 0.4) is 0 Å². The van der Waals surface area contributed by atoms with E-state index in [2.05, 4.69) is 63.3 Å². The molecule has 168 valence electrons. The zero-order valence-corrected chi connectivity index (χ0v) is 18.6. The lowest BCUT2D eigenvalue weighted by molar-refractivity contribution is -0.119. The summed E-state index contributed by atoms with van der Waals surface area (Å²) in [5.41, 5.74) is 3.43. The lowest BCUT2D eigenvalue weighted by Gasteiger charge is -2.25. The molecule has 0 aromatic heterocycles. The molecule has 6 heteroatoms. The van der Waals surface area contributed by atoms with E-state index in [1.54, 1.807) is 0 Å². The molecule has 0 bridgehead atoms. The molecule has 3 aliphatic rings. The van der Waals surface area contributed by atoms with E-state index in [0.717, 1.165) is 62.7 Å². The summed E-state index contributed by atoms with van der Waals surface area (Å²) < 4.78 is 0. The molecule has 32 heavy (non-hydrogen) atoms. The number of nitrogens with zero attached hydrogens (tertiary/aromatic N) is 2. The highest BCUT2D eigenvalue weighted by molar-refractivity contribution is 5.92. The van der Waals surface area contributed by atoms with Crippen LogP contribution < -0.4 is 16.0 Å². The second kappa shape index (κ2) is 9.33. The van der Waals surface area contributed by atoms with Gasteiger partial charge in [0.1, 0.15) is 0 Å². The summed E-state index contributed by atoms with van der Waals surface area (Å²) in [7, 11) is 0. The maximum atomic E-state index is 12.4. The molecule has 5 rings (SSSR count). The largest absolute Gasteiger partial charge is 0.352 e. The van der Waals surface area contributed by atoms with Crippen molar-refractivity contribution in [2.45, 2.75) is 50.7 Å². The van der Waals surface area contributed by atoms with E-state index in [0.29, 0.717) is 6.54 Å². The molecule has 2 aromatic rings. The summed E-state index contributed by atoms with van der Waals surface area (Å²) in [5, 5.41) is 10.2. The summed E-state index contributed by atoms with van der Waals surface area (Å²) in [6.45, 7) is 4.60. The van der Waals surface area contributed by atoms with Gasteiger partial charge in [-0.3, -0.25) is 14.7 Å². The molecular formula is C26H33N5O. The zero-order chi connectivity index (χ0) is 21.8. The third kappa shape index (κ3) is 4.96. The molecule has 2 fully saturated rings. The number of amides is 1. The van der Waals surface area contributed by atoms with Crippen molar-refractivity contribution in [2.24, 2.45) is 10.9 Å². The van der Waals surface area contributed by atoms with Crippen molar-refractivity contribution in [3.8, 4) is 0 Å². The number of nitrogens with one attached hydrogen (secondary N) is 3. The van der Waals surface area contributed by atoms with Crippen molar-refractivity contribution >= 4 is 17.6 Å². The lowest BCUT2D eigenvalue weighted by Crippen LogP contribution is -2.50. The average molecular weight is 432 g/mol. The first-order valence-corrected chi connectivity index (χ1v) is 11.9. The number of hydrogen-bond donors (Lipinski definition) is 3. The van der Waals surface area contributed by atoms with Crippen LogP contribution in [0.25, 0.3) is 0 Å². The van der Waals surface area contributed by atoms with Crippen molar-refractivity contribution in [1.29, 1.82) is 0 Å². The molecule has 2 aliphatic heterocycles. The Morgan fingerprint density at radius 2 is 1.91 bits per heavy atom. The number of carbonyl (C=O) groups excluding carboxylic acids is 1. The molecule has 1 spiro atoms. The van der Waals surface area contributed by atoms with Crippen LogP contribution in [0, 0.1) is 5.92 Å². The highest BCUT2D eigenvalue weighted by atomic mass is 16.1. The topological polar surface area (TPSA) is 68.8 Å². The Balaban J connectivity index is 1.10. The second-order valence-corrected chi connectivity index (χ2v) is 9.54.